The second kappa shape index (κ2) is 5.57. The number of hydrogen-bond acceptors (Lipinski definition) is 6. The number of ether oxygens (including phenoxy) is 2. The van der Waals surface area contributed by atoms with Gasteiger partial charge in [-0.3, -0.25) is 4.21 Å². The molecule has 1 aromatic heterocycles. The number of carboxylic acid groups (broad SMARTS) is 1. The largest absolute Gasteiger partial charge is 0.486 e. The van der Waals surface area contributed by atoms with Crippen LogP contribution in [0.2, 0.25) is 0 Å². The molecule has 0 radical (unpaired) electrons. The van der Waals surface area contributed by atoms with Crippen LogP contribution in [-0.2, 0) is 16.6 Å². The Morgan fingerprint density at radius 3 is 2.71 bits per heavy atom. The maximum absolute atomic E-state index is 12.3. The summed E-state index contributed by atoms with van der Waals surface area (Å²) < 4.78 is 27.9. The van der Waals surface area contributed by atoms with E-state index in [4.69, 9.17) is 19.1 Å². The van der Waals surface area contributed by atoms with E-state index in [0.717, 1.165) is 0 Å². The SMILES string of the molecule is O=C(O)c1cc(CS(=O)c2ccc3c(c2)OCCO3)on1. The van der Waals surface area contributed by atoms with Crippen molar-refractivity contribution in [1.82, 2.24) is 5.16 Å². The predicted octanol–water partition coefficient (Wildman–Crippen LogP) is 1.45. The Balaban J connectivity index is 1.77. The summed E-state index contributed by atoms with van der Waals surface area (Å²) in [5.74, 6) is 0.279. The summed E-state index contributed by atoms with van der Waals surface area (Å²) in [5.41, 5.74) is -0.204. The highest BCUT2D eigenvalue weighted by Crippen LogP contribution is 2.32. The van der Waals surface area contributed by atoms with Gasteiger partial charge in [0, 0.05) is 17.0 Å². The van der Waals surface area contributed by atoms with E-state index in [2.05, 4.69) is 5.16 Å². The van der Waals surface area contributed by atoms with Crippen molar-refractivity contribution in [3.8, 4) is 11.5 Å². The first-order valence-corrected chi connectivity index (χ1v) is 7.42. The zero-order chi connectivity index (χ0) is 14.8. The number of carbonyl (C=O) groups is 1. The molecule has 3 rings (SSSR count). The third-order valence-corrected chi connectivity index (χ3v) is 4.15. The standard InChI is InChI=1S/C13H11NO6S/c15-13(16)10-5-8(20-14-10)7-21(17)9-1-2-11-12(6-9)19-4-3-18-11/h1-2,5-6H,3-4,7H2,(H,15,16). The van der Waals surface area contributed by atoms with Crippen molar-refractivity contribution >= 4 is 16.8 Å². The molecule has 1 unspecified atom stereocenters. The lowest BCUT2D eigenvalue weighted by atomic mass is 10.3. The Kier molecular flexibility index (Phi) is 3.61. The third kappa shape index (κ3) is 2.89. The molecule has 0 saturated carbocycles. The highest BCUT2D eigenvalue weighted by Gasteiger charge is 2.17. The second-order valence-corrected chi connectivity index (χ2v) is 5.73. The number of hydrogen-bond donors (Lipinski definition) is 1. The fourth-order valence-electron chi connectivity index (χ4n) is 1.86. The van der Waals surface area contributed by atoms with E-state index in [0.29, 0.717) is 29.6 Å². The molecule has 1 aliphatic heterocycles. The van der Waals surface area contributed by atoms with Gasteiger partial charge in [0.2, 0.25) is 0 Å². The van der Waals surface area contributed by atoms with Crippen LogP contribution in [0.5, 0.6) is 11.5 Å². The van der Waals surface area contributed by atoms with Gasteiger partial charge >= 0.3 is 5.97 Å². The molecule has 0 fully saturated rings. The van der Waals surface area contributed by atoms with E-state index in [1.54, 1.807) is 18.2 Å². The molecule has 1 aromatic carbocycles. The first-order chi connectivity index (χ1) is 10.1. The van der Waals surface area contributed by atoms with Crippen LogP contribution in [0.15, 0.2) is 33.7 Å². The van der Waals surface area contributed by atoms with Crippen LogP contribution in [0.4, 0.5) is 0 Å². The zero-order valence-electron chi connectivity index (χ0n) is 10.8. The zero-order valence-corrected chi connectivity index (χ0v) is 11.6. The first-order valence-electron chi connectivity index (χ1n) is 6.10. The van der Waals surface area contributed by atoms with Crippen molar-refractivity contribution in [2.75, 3.05) is 13.2 Å². The molecule has 21 heavy (non-hydrogen) atoms. The van der Waals surface area contributed by atoms with E-state index < -0.39 is 16.8 Å². The van der Waals surface area contributed by atoms with Gasteiger partial charge in [-0.2, -0.15) is 0 Å². The lowest BCUT2D eigenvalue weighted by Gasteiger charge is -2.18. The predicted molar refractivity (Wildman–Crippen MR) is 71.0 cm³/mol. The summed E-state index contributed by atoms with van der Waals surface area (Å²) in [7, 11) is -1.39. The quantitative estimate of drug-likeness (QED) is 0.912. The average Bonchev–Trinajstić information content (AvgIpc) is 2.95. The molecule has 0 spiro atoms. The molecule has 2 aromatic rings. The van der Waals surface area contributed by atoms with Gasteiger partial charge in [-0.05, 0) is 12.1 Å². The summed E-state index contributed by atoms with van der Waals surface area (Å²) in [6, 6.07) is 6.29. The molecule has 7 nitrogen and oxygen atoms in total. The fourth-order valence-corrected chi connectivity index (χ4v) is 2.88. The fraction of sp³-hybridized carbons (Fsp3) is 0.231. The molecular formula is C13H11NO6S. The topological polar surface area (TPSA) is 98.9 Å². The minimum atomic E-state index is -1.39. The number of benzene rings is 1. The molecular weight excluding hydrogens is 298 g/mol. The van der Waals surface area contributed by atoms with Crippen molar-refractivity contribution < 1.29 is 28.1 Å². The number of aromatic nitrogens is 1. The Morgan fingerprint density at radius 1 is 1.24 bits per heavy atom. The van der Waals surface area contributed by atoms with Crippen molar-refractivity contribution in [2.45, 2.75) is 10.6 Å². The van der Waals surface area contributed by atoms with Gasteiger partial charge in [0.05, 0.1) is 16.6 Å². The van der Waals surface area contributed by atoms with Gasteiger partial charge in [-0.1, -0.05) is 5.16 Å². The van der Waals surface area contributed by atoms with Gasteiger partial charge < -0.3 is 19.1 Å². The van der Waals surface area contributed by atoms with Crippen LogP contribution in [0, 0.1) is 0 Å². The van der Waals surface area contributed by atoms with Crippen molar-refractivity contribution in [3.63, 3.8) is 0 Å². The summed E-state index contributed by atoms with van der Waals surface area (Å²) in [6.45, 7) is 0.943. The van der Waals surface area contributed by atoms with Crippen LogP contribution in [0.25, 0.3) is 0 Å². The van der Waals surface area contributed by atoms with E-state index in [1.165, 1.54) is 6.07 Å². The maximum Gasteiger partial charge on any atom is 0.358 e. The van der Waals surface area contributed by atoms with Gasteiger partial charge in [0.15, 0.2) is 17.2 Å². The molecule has 0 amide bonds. The Morgan fingerprint density at radius 2 is 2.00 bits per heavy atom. The van der Waals surface area contributed by atoms with Crippen LogP contribution >= 0.6 is 0 Å². The van der Waals surface area contributed by atoms with E-state index in [-0.39, 0.29) is 17.2 Å². The van der Waals surface area contributed by atoms with E-state index >= 15 is 0 Å². The Labute approximate surface area is 121 Å². The summed E-state index contributed by atoms with van der Waals surface area (Å²) >= 11 is 0. The van der Waals surface area contributed by atoms with Gasteiger partial charge in [0.1, 0.15) is 19.0 Å². The van der Waals surface area contributed by atoms with Gasteiger partial charge in [-0.15, -0.1) is 0 Å². The average molecular weight is 309 g/mol. The highest BCUT2D eigenvalue weighted by molar-refractivity contribution is 7.84. The third-order valence-electron chi connectivity index (χ3n) is 2.83. The van der Waals surface area contributed by atoms with E-state index in [1.807, 2.05) is 0 Å². The monoisotopic (exact) mass is 309 g/mol. The van der Waals surface area contributed by atoms with Crippen LogP contribution in [0.1, 0.15) is 16.2 Å². The lowest BCUT2D eigenvalue weighted by Crippen LogP contribution is -2.15. The summed E-state index contributed by atoms with van der Waals surface area (Å²) in [5, 5.41) is 12.1. The van der Waals surface area contributed by atoms with Crippen molar-refractivity contribution in [2.24, 2.45) is 0 Å². The summed E-state index contributed by atoms with van der Waals surface area (Å²) in [6.07, 6.45) is 0. The highest BCUT2D eigenvalue weighted by atomic mass is 32.2. The molecule has 1 N–H and O–H groups in total. The number of fused-ring (bicyclic) bond motifs is 1. The lowest BCUT2D eigenvalue weighted by molar-refractivity contribution is 0.0685. The van der Waals surface area contributed by atoms with Gasteiger partial charge in [0.25, 0.3) is 0 Å². The molecule has 2 heterocycles. The molecule has 1 aliphatic rings. The van der Waals surface area contributed by atoms with Crippen LogP contribution in [0.3, 0.4) is 0 Å². The van der Waals surface area contributed by atoms with Crippen molar-refractivity contribution in [3.05, 3.63) is 35.7 Å². The Bertz CT molecular complexity index is 710. The molecule has 0 saturated heterocycles. The van der Waals surface area contributed by atoms with Crippen LogP contribution < -0.4 is 9.47 Å². The summed E-state index contributed by atoms with van der Waals surface area (Å²) in [4.78, 5) is 11.3. The molecule has 8 heteroatoms. The number of rotatable bonds is 4. The maximum atomic E-state index is 12.3. The number of aromatic carboxylic acids is 1. The second-order valence-electron chi connectivity index (χ2n) is 4.28. The molecule has 1 atom stereocenters. The van der Waals surface area contributed by atoms with Crippen LogP contribution in [-0.4, -0.2) is 33.7 Å². The Hall–Kier alpha value is -2.35. The molecule has 0 bridgehead atoms. The van der Waals surface area contributed by atoms with E-state index in [9.17, 15) is 9.00 Å². The van der Waals surface area contributed by atoms with Gasteiger partial charge in [-0.25, -0.2) is 4.79 Å². The number of nitrogens with zero attached hydrogens (tertiary/aromatic N) is 1. The molecule has 110 valence electrons. The minimum Gasteiger partial charge on any atom is -0.486 e. The van der Waals surface area contributed by atoms with Crippen molar-refractivity contribution in [1.29, 1.82) is 0 Å². The smallest absolute Gasteiger partial charge is 0.358 e. The minimum absolute atomic E-state index is 0.0416. The first kappa shape index (κ1) is 13.6. The normalized spacial score (nSPS) is 14.7. The molecule has 0 aliphatic carbocycles. The number of carboxylic acids is 1.